The molecular formula is C70H48N4. The second kappa shape index (κ2) is 16.1. The van der Waals surface area contributed by atoms with Gasteiger partial charge >= 0.3 is 0 Å². The van der Waals surface area contributed by atoms with Gasteiger partial charge in [0.15, 0.2) is 5.82 Å². The van der Waals surface area contributed by atoms with E-state index in [2.05, 4.69) is 272 Å². The molecule has 0 aliphatic heterocycles. The summed E-state index contributed by atoms with van der Waals surface area (Å²) in [5.74, 6) is 0.817. The molecule has 0 spiro atoms. The first-order chi connectivity index (χ1) is 36.5. The monoisotopic (exact) mass is 944 g/mol. The van der Waals surface area contributed by atoms with Crippen LogP contribution in [0.3, 0.4) is 0 Å². The molecule has 348 valence electrons. The number of aromatic nitrogens is 3. The van der Waals surface area contributed by atoms with Crippen LogP contribution < -0.4 is 4.90 Å². The standard InChI is InChI=1S/C70H48N4/c1-69(2)59-41-40-56-64-52-30-13-12-21-45(52)37-42-63(64)74(68-66(46-22-6-3-7-23-46)71-61-35-18-19-36-62(61)72-68)67(56)65(59)55-39-38-51(44-60(55)69)73(49-27-10-5-11-28-49)50-29-20-26-48(43-50)70(47-24-8-4-9-25-47)57-33-16-14-31-53(57)54-32-15-17-34-58(54)70/h3-44H,1-2H3. The quantitative estimate of drug-likeness (QED) is 0.160. The molecule has 2 aromatic heterocycles. The zero-order chi connectivity index (χ0) is 49.1. The van der Waals surface area contributed by atoms with Gasteiger partial charge < -0.3 is 4.90 Å². The average Bonchev–Trinajstić information content (AvgIpc) is 4.05. The fourth-order valence-corrected chi connectivity index (χ4v) is 13.0. The van der Waals surface area contributed by atoms with Crippen molar-refractivity contribution in [2.75, 3.05) is 4.90 Å². The molecule has 2 aliphatic carbocycles. The molecule has 0 amide bonds. The summed E-state index contributed by atoms with van der Waals surface area (Å²) in [4.78, 5) is 13.4. The summed E-state index contributed by atoms with van der Waals surface area (Å²) in [6, 6.07) is 93.3. The number of fused-ring (bicyclic) bond motifs is 13. The summed E-state index contributed by atoms with van der Waals surface area (Å²) in [5, 5.41) is 4.84. The first-order valence-electron chi connectivity index (χ1n) is 25.7. The topological polar surface area (TPSA) is 34.0 Å². The second-order valence-electron chi connectivity index (χ2n) is 20.4. The summed E-state index contributed by atoms with van der Waals surface area (Å²) >= 11 is 0. The van der Waals surface area contributed by atoms with Crippen LogP contribution in [0.15, 0.2) is 255 Å². The van der Waals surface area contributed by atoms with Crippen molar-refractivity contribution in [3.63, 3.8) is 0 Å². The summed E-state index contributed by atoms with van der Waals surface area (Å²) in [6.45, 7) is 4.79. The van der Waals surface area contributed by atoms with Crippen LogP contribution in [-0.2, 0) is 10.8 Å². The molecule has 2 aliphatic rings. The first kappa shape index (κ1) is 42.3. The zero-order valence-corrected chi connectivity index (χ0v) is 41.0. The van der Waals surface area contributed by atoms with E-state index in [9.17, 15) is 0 Å². The predicted octanol–water partition coefficient (Wildman–Crippen LogP) is 17.7. The molecule has 11 aromatic carbocycles. The van der Waals surface area contributed by atoms with Crippen LogP contribution in [0, 0.1) is 0 Å². The number of hydrogen-bond donors (Lipinski definition) is 0. The Kier molecular flexibility index (Phi) is 9.19. The van der Waals surface area contributed by atoms with Gasteiger partial charge in [-0.15, -0.1) is 0 Å². The van der Waals surface area contributed by atoms with E-state index in [0.717, 1.165) is 56.2 Å². The molecule has 0 fully saturated rings. The van der Waals surface area contributed by atoms with E-state index in [1.807, 2.05) is 6.07 Å². The van der Waals surface area contributed by atoms with Crippen molar-refractivity contribution in [1.82, 2.24) is 14.5 Å². The Morgan fingerprint density at radius 3 is 1.77 bits per heavy atom. The third kappa shape index (κ3) is 5.97. The van der Waals surface area contributed by atoms with Crippen molar-refractivity contribution in [2.45, 2.75) is 24.7 Å². The Labute approximate surface area is 430 Å². The highest BCUT2D eigenvalue weighted by Gasteiger charge is 2.46. The van der Waals surface area contributed by atoms with E-state index in [-0.39, 0.29) is 5.41 Å². The Morgan fingerprint density at radius 2 is 1.01 bits per heavy atom. The molecule has 0 saturated carbocycles. The number of para-hydroxylation sites is 3. The van der Waals surface area contributed by atoms with Gasteiger partial charge in [0.2, 0.25) is 0 Å². The minimum absolute atomic E-state index is 0.353. The highest BCUT2D eigenvalue weighted by atomic mass is 15.1. The highest BCUT2D eigenvalue weighted by molar-refractivity contribution is 6.24. The molecule has 0 atom stereocenters. The summed E-state index contributed by atoms with van der Waals surface area (Å²) in [7, 11) is 0. The minimum Gasteiger partial charge on any atom is -0.310 e. The average molecular weight is 945 g/mol. The molecule has 0 radical (unpaired) electrons. The Bertz CT molecular complexity index is 4350. The molecule has 0 N–H and O–H groups in total. The Balaban J connectivity index is 0.974. The van der Waals surface area contributed by atoms with Gasteiger partial charge in [0, 0.05) is 44.4 Å². The van der Waals surface area contributed by atoms with Crippen molar-refractivity contribution >= 4 is 60.7 Å². The summed E-state index contributed by atoms with van der Waals surface area (Å²) in [6.07, 6.45) is 0. The Morgan fingerprint density at radius 1 is 0.405 bits per heavy atom. The SMILES string of the molecule is CC1(C)c2cc(N(c3ccccc3)c3cccc(C4(c5ccccc5)c5ccccc5-c5ccccc54)c3)ccc2-c2c1ccc1c3c4ccccc4ccc3n(-c3nc4ccccc4nc3-c3ccccc3)c21. The van der Waals surface area contributed by atoms with Crippen LogP contribution >= 0.6 is 0 Å². The van der Waals surface area contributed by atoms with Crippen LogP contribution in [0.4, 0.5) is 17.1 Å². The third-order valence-electron chi connectivity index (χ3n) is 16.2. The van der Waals surface area contributed by atoms with E-state index < -0.39 is 5.41 Å². The number of hydrogen-bond acceptors (Lipinski definition) is 3. The summed E-state index contributed by atoms with van der Waals surface area (Å²) in [5.41, 5.74) is 20.9. The lowest BCUT2D eigenvalue weighted by molar-refractivity contribution is 0.661. The fourth-order valence-electron chi connectivity index (χ4n) is 13.0. The van der Waals surface area contributed by atoms with E-state index in [1.54, 1.807) is 0 Å². The van der Waals surface area contributed by atoms with E-state index in [4.69, 9.17) is 9.97 Å². The molecule has 13 aromatic rings. The minimum atomic E-state index is -0.528. The molecule has 0 unspecified atom stereocenters. The van der Waals surface area contributed by atoms with E-state index in [0.29, 0.717) is 0 Å². The molecule has 4 heteroatoms. The maximum absolute atomic E-state index is 5.58. The lowest BCUT2D eigenvalue weighted by Crippen LogP contribution is -2.28. The van der Waals surface area contributed by atoms with Gasteiger partial charge in [-0.2, -0.15) is 0 Å². The largest absolute Gasteiger partial charge is 0.310 e. The van der Waals surface area contributed by atoms with Gasteiger partial charge in [-0.1, -0.05) is 214 Å². The van der Waals surface area contributed by atoms with E-state index in [1.165, 1.54) is 77.2 Å². The van der Waals surface area contributed by atoms with Crippen LogP contribution in [0.1, 0.15) is 47.2 Å². The van der Waals surface area contributed by atoms with Crippen molar-refractivity contribution in [2.24, 2.45) is 0 Å². The smallest absolute Gasteiger partial charge is 0.165 e. The maximum atomic E-state index is 5.58. The normalized spacial score (nSPS) is 13.8. The lowest BCUT2D eigenvalue weighted by Gasteiger charge is -2.35. The molecular weight excluding hydrogens is 897 g/mol. The van der Waals surface area contributed by atoms with Gasteiger partial charge in [0.1, 0.15) is 5.69 Å². The predicted molar refractivity (Wildman–Crippen MR) is 306 cm³/mol. The van der Waals surface area contributed by atoms with Crippen molar-refractivity contribution in [1.29, 1.82) is 0 Å². The zero-order valence-electron chi connectivity index (χ0n) is 41.0. The molecule has 0 bridgehead atoms. The lowest BCUT2D eigenvalue weighted by atomic mass is 9.67. The Hall–Kier alpha value is -9.38. The first-order valence-corrected chi connectivity index (χ1v) is 25.7. The number of nitrogens with zero attached hydrogens (tertiary/aromatic N) is 4. The van der Waals surface area contributed by atoms with Gasteiger partial charge in [-0.25, -0.2) is 9.97 Å². The van der Waals surface area contributed by atoms with Crippen LogP contribution in [0.5, 0.6) is 0 Å². The van der Waals surface area contributed by atoms with Gasteiger partial charge in [0.25, 0.3) is 0 Å². The molecule has 15 rings (SSSR count). The van der Waals surface area contributed by atoms with Crippen LogP contribution in [0.2, 0.25) is 0 Å². The molecule has 4 nitrogen and oxygen atoms in total. The number of benzene rings is 11. The number of rotatable bonds is 7. The van der Waals surface area contributed by atoms with Crippen molar-refractivity contribution in [3.05, 3.63) is 288 Å². The molecule has 0 saturated heterocycles. The van der Waals surface area contributed by atoms with Gasteiger partial charge in [0.05, 0.1) is 27.5 Å². The third-order valence-corrected chi connectivity index (χ3v) is 16.2. The van der Waals surface area contributed by atoms with Gasteiger partial charge in [-0.05, 0) is 115 Å². The van der Waals surface area contributed by atoms with Crippen molar-refractivity contribution < 1.29 is 0 Å². The number of anilines is 3. The molecule has 74 heavy (non-hydrogen) atoms. The second-order valence-corrected chi connectivity index (χ2v) is 20.4. The fraction of sp³-hybridized carbons (Fsp3) is 0.0571. The molecule has 2 heterocycles. The maximum Gasteiger partial charge on any atom is 0.165 e. The van der Waals surface area contributed by atoms with Gasteiger partial charge in [-0.3, -0.25) is 4.57 Å². The van der Waals surface area contributed by atoms with E-state index >= 15 is 0 Å². The highest BCUT2D eigenvalue weighted by Crippen LogP contribution is 2.58. The summed E-state index contributed by atoms with van der Waals surface area (Å²) < 4.78 is 2.43. The van der Waals surface area contributed by atoms with Crippen LogP contribution in [-0.4, -0.2) is 14.5 Å². The van der Waals surface area contributed by atoms with Crippen molar-refractivity contribution in [3.8, 4) is 39.3 Å². The van der Waals surface area contributed by atoms with Crippen LogP contribution in [0.25, 0.3) is 82.9 Å².